The Kier molecular flexibility index (Phi) is 4.42. The third-order valence-electron chi connectivity index (χ3n) is 3.19. The predicted octanol–water partition coefficient (Wildman–Crippen LogP) is 3.16. The first-order valence-electron chi connectivity index (χ1n) is 6.70. The molecule has 1 saturated heterocycles. The maximum Gasteiger partial charge on any atom is 0.573 e. The van der Waals surface area contributed by atoms with E-state index >= 15 is 0 Å². The lowest BCUT2D eigenvalue weighted by molar-refractivity contribution is -0.274. The lowest BCUT2D eigenvalue weighted by Crippen LogP contribution is -2.36. The molecule has 1 aliphatic heterocycles. The standard InChI is InChI=1S/C14H19F3N2O/c1-10(2)18-11-7-8-19(9-11)12-3-5-13(6-4-12)20-14(15,16)17/h3-6,10-11,18H,7-9H2,1-2H3. The van der Waals surface area contributed by atoms with Gasteiger partial charge < -0.3 is 15.0 Å². The molecule has 1 aliphatic rings. The molecule has 6 heteroatoms. The van der Waals surface area contributed by atoms with Gasteiger partial charge in [0.15, 0.2) is 0 Å². The number of nitrogens with zero attached hydrogens (tertiary/aromatic N) is 1. The van der Waals surface area contributed by atoms with Crippen LogP contribution in [0.4, 0.5) is 18.9 Å². The van der Waals surface area contributed by atoms with Crippen LogP contribution in [0.15, 0.2) is 24.3 Å². The number of hydrogen-bond acceptors (Lipinski definition) is 3. The van der Waals surface area contributed by atoms with Crippen LogP contribution in [-0.2, 0) is 0 Å². The van der Waals surface area contributed by atoms with E-state index in [1.165, 1.54) is 12.1 Å². The summed E-state index contributed by atoms with van der Waals surface area (Å²) in [5.41, 5.74) is 0.924. The third kappa shape index (κ3) is 4.30. The van der Waals surface area contributed by atoms with Crippen molar-refractivity contribution >= 4 is 5.69 Å². The fourth-order valence-electron chi connectivity index (χ4n) is 2.46. The molecule has 1 N–H and O–H groups in total. The predicted molar refractivity (Wildman–Crippen MR) is 72.0 cm³/mol. The molecular weight excluding hydrogens is 269 g/mol. The topological polar surface area (TPSA) is 24.5 Å². The first kappa shape index (κ1) is 15.0. The van der Waals surface area contributed by atoms with Crippen LogP contribution in [0, 0.1) is 0 Å². The summed E-state index contributed by atoms with van der Waals surface area (Å²) < 4.78 is 40.1. The van der Waals surface area contributed by atoms with Crippen LogP contribution in [-0.4, -0.2) is 31.5 Å². The van der Waals surface area contributed by atoms with Crippen LogP contribution < -0.4 is 15.0 Å². The monoisotopic (exact) mass is 288 g/mol. The highest BCUT2D eigenvalue weighted by Crippen LogP contribution is 2.27. The van der Waals surface area contributed by atoms with Crippen LogP contribution in [0.25, 0.3) is 0 Å². The van der Waals surface area contributed by atoms with E-state index < -0.39 is 6.36 Å². The molecule has 1 unspecified atom stereocenters. The number of halogens is 3. The second-order valence-electron chi connectivity index (χ2n) is 5.29. The number of rotatable bonds is 4. The molecule has 0 aromatic heterocycles. The molecule has 1 heterocycles. The second kappa shape index (κ2) is 5.91. The summed E-state index contributed by atoms with van der Waals surface area (Å²) in [5, 5.41) is 3.47. The second-order valence-corrected chi connectivity index (χ2v) is 5.29. The lowest BCUT2D eigenvalue weighted by Gasteiger charge is -2.20. The summed E-state index contributed by atoms with van der Waals surface area (Å²) in [7, 11) is 0. The molecular formula is C14H19F3N2O. The molecule has 1 aromatic rings. The van der Waals surface area contributed by atoms with Gasteiger partial charge in [-0.05, 0) is 30.7 Å². The SMILES string of the molecule is CC(C)NC1CCN(c2ccc(OC(F)(F)F)cc2)C1. The van der Waals surface area contributed by atoms with Crippen molar-refractivity contribution in [3.8, 4) is 5.75 Å². The Morgan fingerprint density at radius 1 is 1.25 bits per heavy atom. The average Bonchev–Trinajstić information content (AvgIpc) is 2.75. The summed E-state index contributed by atoms with van der Waals surface area (Å²) in [6.45, 7) is 5.99. The van der Waals surface area contributed by atoms with Crippen LogP contribution in [0.5, 0.6) is 5.75 Å². The Morgan fingerprint density at radius 3 is 2.45 bits per heavy atom. The van der Waals surface area contributed by atoms with Crippen molar-refractivity contribution in [3.05, 3.63) is 24.3 Å². The van der Waals surface area contributed by atoms with E-state index in [9.17, 15) is 13.2 Å². The maximum atomic E-state index is 12.1. The fourth-order valence-corrected chi connectivity index (χ4v) is 2.46. The molecule has 112 valence electrons. The van der Waals surface area contributed by atoms with Crippen molar-refractivity contribution in [3.63, 3.8) is 0 Å². The van der Waals surface area contributed by atoms with E-state index in [-0.39, 0.29) is 5.75 Å². The van der Waals surface area contributed by atoms with Crippen LogP contribution >= 0.6 is 0 Å². The zero-order chi connectivity index (χ0) is 14.8. The fraction of sp³-hybridized carbons (Fsp3) is 0.571. The highest BCUT2D eigenvalue weighted by molar-refractivity contribution is 5.50. The normalized spacial score (nSPS) is 19.7. The van der Waals surface area contributed by atoms with E-state index in [1.807, 2.05) is 0 Å². The average molecular weight is 288 g/mol. The summed E-state index contributed by atoms with van der Waals surface area (Å²) >= 11 is 0. The van der Waals surface area contributed by atoms with Crippen LogP contribution in [0.3, 0.4) is 0 Å². The van der Waals surface area contributed by atoms with Crippen molar-refractivity contribution in [2.24, 2.45) is 0 Å². The van der Waals surface area contributed by atoms with Crippen molar-refractivity contribution in [1.82, 2.24) is 5.32 Å². The number of ether oxygens (including phenoxy) is 1. The molecule has 2 rings (SSSR count). The van der Waals surface area contributed by atoms with E-state index in [1.54, 1.807) is 12.1 Å². The molecule has 0 saturated carbocycles. The number of hydrogen-bond donors (Lipinski definition) is 1. The first-order valence-corrected chi connectivity index (χ1v) is 6.70. The number of nitrogens with one attached hydrogen (secondary N) is 1. The van der Waals surface area contributed by atoms with Crippen molar-refractivity contribution in [2.75, 3.05) is 18.0 Å². The van der Waals surface area contributed by atoms with Gasteiger partial charge in [-0.3, -0.25) is 0 Å². The Labute approximate surface area is 116 Å². The molecule has 0 spiro atoms. The molecule has 3 nitrogen and oxygen atoms in total. The zero-order valence-corrected chi connectivity index (χ0v) is 11.6. The van der Waals surface area contributed by atoms with Crippen LogP contribution in [0.2, 0.25) is 0 Å². The molecule has 0 amide bonds. The summed E-state index contributed by atoms with van der Waals surface area (Å²) in [6, 6.07) is 6.90. The van der Waals surface area contributed by atoms with Gasteiger partial charge in [0.1, 0.15) is 5.75 Å². The zero-order valence-electron chi connectivity index (χ0n) is 11.6. The highest BCUT2D eigenvalue weighted by atomic mass is 19.4. The van der Waals surface area contributed by atoms with Crippen molar-refractivity contribution < 1.29 is 17.9 Å². The van der Waals surface area contributed by atoms with Gasteiger partial charge in [0, 0.05) is 30.9 Å². The summed E-state index contributed by atoms with van der Waals surface area (Å²) in [4.78, 5) is 2.16. The van der Waals surface area contributed by atoms with E-state index in [0.29, 0.717) is 12.1 Å². The minimum Gasteiger partial charge on any atom is -0.406 e. The van der Waals surface area contributed by atoms with Gasteiger partial charge in [0.2, 0.25) is 0 Å². The molecule has 1 atom stereocenters. The Bertz CT molecular complexity index is 431. The van der Waals surface area contributed by atoms with Crippen molar-refractivity contribution in [1.29, 1.82) is 0 Å². The lowest BCUT2D eigenvalue weighted by atomic mass is 10.2. The molecule has 0 radical (unpaired) electrons. The van der Waals surface area contributed by atoms with E-state index in [0.717, 1.165) is 25.2 Å². The summed E-state index contributed by atoms with van der Waals surface area (Å²) in [6.07, 6.45) is -3.60. The van der Waals surface area contributed by atoms with Crippen LogP contribution in [0.1, 0.15) is 20.3 Å². The first-order chi connectivity index (χ1) is 9.33. The Hall–Kier alpha value is -1.43. The van der Waals surface area contributed by atoms with E-state index in [2.05, 4.69) is 28.8 Å². The van der Waals surface area contributed by atoms with Gasteiger partial charge >= 0.3 is 6.36 Å². The highest BCUT2D eigenvalue weighted by Gasteiger charge is 2.31. The maximum absolute atomic E-state index is 12.1. The van der Waals surface area contributed by atoms with Crippen molar-refractivity contribution in [2.45, 2.75) is 38.7 Å². The molecule has 0 aliphatic carbocycles. The number of alkyl halides is 3. The van der Waals surface area contributed by atoms with Gasteiger partial charge in [0.25, 0.3) is 0 Å². The van der Waals surface area contributed by atoms with Gasteiger partial charge in [-0.2, -0.15) is 0 Å². The third-order valence-corrected chi connectivity index (χ3v) is 3.19. The quantitative estimate of drug-likeness (QED) is 0.921. The van der Waals surface area contributed by atoms with Gasteiger partial charge in [0.05, 0.1) is 0 Å². The minimum atomic E-state index is -4.64. The largest absolute Gasteiger partial charge is 0.573 e. The molecule has 1 fully saturated rings. The van der Waals surface area contributed by atoms with Gasteiger partial charge in [-0.1, -0.05) is 13.8 Å². The summed E-state index contributed by atoms with van der Waals surface area (Å²) in [5.74, 6) is -0.183. The van der Waals surface area contributed by atoms with Gasteiger partial charge in [-0.15, -0.1) is 13.2 Å². The molecule has 0 bridgehead atoms. The minimum absolute atomic E-state index is 0.183. The number of anilines is 1. The smallest absolute Gasteiger partial charge is 0.406 e. The van der Waals surface area contributed by atoms with Gasteiger partial charge in [-0.25, -0.2) is 0 Å². The molecule has 20 heavy (non-hydrogen) atoms. The number of benzene rings is 1. The Balaban J connectivity index is 1.94. The molecule has 1 aromatic carbocycles. The van der Waals surface area contributed by atoms with E-state index in [4.69, 9.17) is 0 Å². The Morgan fingerprint density at radius 2 is 1.90 bits per heavy atom.